The van der Waals surface area contributed by atoms with E-state index in [0.717, 1.165) is 19.6 Å². The number of nitrogens with zero attached hydrogens (tertiary/aromatic N) is 3. The van der Waals surface area contributed by atoms with Crippen molar-refractivity contribution in [2.75, 3.05) is 33.3 Å². The number of aliphatic imine (C=N–C) groups is 1. The molecule has 8 heteroatoms. The molecule has 0 amide bonds. The van der Waals surface area contributed by atoms with Gasteiger partial charge in [-0.15, -0.1) is 0 Å². The molecule has 2 aromatic rings. The number of aromatic amines is 1. The number of benzene rings is 1. The Kier molecular flexibility index (Phi) is 7.11. The topological polar surface area (TPSA) is 82.8 Å². The van der Waals surface area contributed by atoms with E-state index in [0.29, 0.717) is 18.0 Å². The third-order valence-electron chi connectivity index (χ3n) is 4.11. The summed E-state index contributed by atoms with van der Waals surface area (Å²) in [6.07, 6.45) is 1.39. The van der Waals surface area contributed by atoms with Crippen LogP contribution in [0.5, 0.6) is 11.6 Å². The van der Waals surface area contributed by atoms with Gasteiger partial charge in [-0.25, -0.2) is 0 Å². The molecule has 0 saturated carbocycles. The minimum Gasteiger partial charge on any atom is -0.495 e. The normalized spacial score (nSPS) is 11.4. The van der Waals surface area contributed by atoms with Crippen molar-refractivity contribution in [3.05, 3.63) is 45.0 Å². The van der Waals surface area contributed by atoms with Crippen LogP contribution in [0.25, 0.3) is 5.69 Å². The Morgan fingerprint density at radius 3 is 2.69 bits per heavy atom. The van der Waals surface area contributed by atoms with E-state index in [9.17, 15) is 9.90 Å². The van der Waals surface area contributed by atoms with Gasteiger partial charge >= 0.3 is 0 Å². The summed E-state index contributed by atoms with van der Waals surface area (Å²) in [6, 6.07) is 7.10. The summed E-state index contributed by atoms with van der Waals surface area (Å²) in [4.78, 5) is 21.3. The van der Waals surface area contributed by atoms with Crippen molar-refractivity contribution in [3.8, 4) is 17.3 Å². The monoisotopic (exact) mass is 376 g/mol. The number of hydrogen-bond donors (Lipinski definition) is 2. The van der Waals surface area contributed by atoms with Crippen molar-refractivity contribution in [1.29, 1.82) is 0 Å². The van der Waals surface area contributed by atoms with E-state index >= 15 is 0 Å². The molecule has 26 heavy (non-hydrogen) atoms. The lowest BCUT2D eigenvalue weighted by atomic mass is 10.2. The number of para-hydroxylation sites is 2. The highest BCUT2D eigenvalue weighted by Gasteiger charge is 2.15. The molecular weight excluding hydrogens is 352 g/mol. The second kappa shape index (κ2) is 9.30. The number of nitrogens with one attached hydrogen (secondary N) is 1. The van der Waals surface area contributed by atoms with Gasteiger partial charge < -0.3 is 14.7 Å². The van der Waals surface area contributed by atoms with Gasteiger partial charge in [-0.2, -0.15) is 0 Å². The van der Waals surface area contributed by atoms with E-state index in [1.165, 1.54) is 17.9 Å². The maximum absolute atomic E-state index is 12.2. The maximum Gasteiger partial charge on any atom is 0.264 e. The molecule has 0 atom stereocenters. The van der Waals surface area contributed by atoms with Crippen LogP contribution in [0.4, 0.5) is 0 Å². The number of aromatic nitrogens is 2. The summed E-state index contributed by atoms with van der Waals surface area (Å²) < 4.78 is 6.76. The molecule has 1 aromatic heterocycles. The minimum atomic E-state index is -0.481. The number of rotatable bonds is 8. The van der Waals surface area contributed by atoms with Crippen molar-refractivity contribution in [2.24, 2.45) is 4.99 Å². The number of methoxy groups -OCH3 is 1. The largest absolute Gasteiger partial charge is 0.495 e. The number of hydrogen-bond acceptors (Lipinski definition) is 6. The Bertz CT molecular complexity index is 885. The number of H-pyrrole nitrogens is 1. The molecule has 0 bridgehead atoms. The van der Waals surface area contributed by atoms with Crippen LogP contribution in [-0.2, 0) is 0 Å². The fourth-order valence-electron chi connectivity index (χ4n) is 2.59. The van der Waals surface area contributed by atoms with Gasteiger partial charge in [0.2, 0.25) is 5.88 Å². The van der Waals surface area contributed by atoms with Gasteiger partial charge in [0.1, 0.15) is 11.3 Å². The molecule has 1 aromatic carbocycles. The first-order chi connectivity index (χ1) is 12.5. The summed E-state index contributed by atoms with van der Waals surface area (Å²) in [5, 5.41) is 10.6. The van der Waals surface area contributed by atoms with E-state index < -0.39 is 5.56 Å². The van der Waals surface area contributed by atoms with Crippen LogP contribution in [0.3, 0.4) is 0 Å². The van der Waals surface area contributed by atoms with Crippen molar-refractivity contribution in [1.82, 2.24) is 14.5 Å². The molecule has 1 heterocycles. The second-order valence-electron chi connectivity index (χ2n) is 5.57. The molecule has 0 fully saturated rings. The van der Waals surface area contributed by atoms with Gasteiger partial charge in [0, 0.05) is 12.8 Å². The minimum absolute atomic E-state index is 0.0593. The zero-order valence-corrected chi connectivity index (χ0v) is 16.0. The first-order valence-corrected chi connectivity index (χ1v) is 8.88. The van der Waals surface area contributed by atoms with Crippen LogP contribution in [-0.4, -0.2) is 59.1 Å². The number of ether oxygens (including phenoxy) is 1. The van der Waals surface area contributed by atoms with Crippen LogP contribution in [0, 0.1) is 4.77 Å². The van der Waals surface area contributed by atoms with Crippen molar-refractivity contribution in [3.63, 3.8) is 0 Å². The van der Waals surface area contributed by atoms with E-state index in [1.807, 2.05) is 6.07 Å². The predicted molar refractivity (Wildman–Crippen MR) is 106 cm³/mol. The molecule has 2 rings (SSSR count). The number of likely N-dealkylation sites (N-methyl/N-ethyl adjacent to an activating group) is 1. The fourth-order valence-corrected chi connectivity index (χ4v) is 2.87. The SMILES string of the molecule is CCN(CC)CCN=Cc1c(O)n(-c2ccccc2OC)c(=S)[nH]c1=O. The third-order valence-corrected chi connectivity index (χ3v) is 4.39. The first kappa shape index (κ1) is 19.9. The molecule has 7 nitrogen and oxygen atoms in total. The average molecular weight is 376 g/mol. The Balaban J connectivity index is 2.41. The van der Waals surface area contributed by atoms with Gasteiger partial charge in [0.05, 0.1) is 19.3 Å². The fraction of sp³-hybridized carbons (Fsp3) is 0.389. The van der Waals surface area contributed by atoms with Crippen LogP contribution in [0.1, 0.15) is 19.4 Å². The van der Waals surface area contributed by atoms with Crippen molar-refractivity contribution in [2.45, 2.75) is 13.8 Å². The molecule has 0 spiro atoms. The van der Waals surface area contributed by atoms with E-state index in [1.54, 1.807) is 18.2 Å². The first-order valence-electron chi connectivity index (χ1n) is 8.47. The van der Waals surface area contributed by atoms with E-state index in [2.05, 4.69) is 28.7 Å². The van der Waals surface area contributed by atoms with Gasteiger partial charge in [-0.1, -0.05) is 26.0 Å². The molecule has 0 aliphatic heterocycles. The Hall–Kier alpha value is -2.45. The summed E-state index contributed by atoms with van der Waals surface area (Å²) in [5.41, 5.74) is 0.112. The lowest BCUT2D eigenvalue weighted by Crippen LogP contribution is -2.25. The Morgan fingerprint density at radius 2 is 2.04 bits per heavy atom. The highest BCUT2D eigenvalue weighted by Crippen LogP contribution is 2.26. The molecular formula is C18H24N4O3S. The molecule has 0 unspecified atom stereocenters. The maximum atomic E-state index is 12.2. The van der Waals surface area contributed by atoms with Crippen molar-refractivity contribution >= 4 is 18.4 Å². The number of aromatic hydroxyl groups is 1. The average Bonchev–Trinajstić information content (AvgIpc) is 2.64. The highest BCUT2D eigenvalue weighted by molar-refractivity contribution is 7.71. The molecule has 2 N–H and O–H groups in total. The van der Waals surface area contributed by atoms with Crippen LogP contribution < -0.4 is 10.3 Å². The molecule has 0 saturated heterocycles. The van der Waals surface area contributed by atoms with Crippen LogP contribution >= 0.6 is 12.2 Å². The van der Waals surface area contributed by atoms with Crippen LogP contribution in [0.15, 0.2) is 34.1 Å². The second-order valence-corrected chi connectivity index (χ2v) is 5.95. The van der Waals surface area contributed by atoms with Crippen LogP contribution in [0.2, 0.25) is 0 Å². The zero-order valence-electron chi connectivity index (χ0n) is 15.2. The Morgan fingerprint density at radius 1 is 1.35 bits per heavy atom. The smallest absolute Gasteiger partial charge is 0.264 e. The summed E-state index contributed by atoms with van der Waals surface area (Å²) in [7, 11) is 1.53. The molecule has 0 aliphatic carbocycles. The van der Waals surface area contributed by atoms with E-state index in [-0.39, 0.29) is 16.2 Å². The lowest BCUT2D eigenvalue weighted by Gasteiger charge is -2.16. The molecule has 140 valence electrons. The standard InChI is InChI=1S/C18H24N4O3S/c1-4-21(5-2)11-10-19-12-13-16(23)20-18(26)22(17(13)24)14-8-6-7-9-15(14)25-3/h6-9,12,24H,4-5,10-11H2,1-3H3,(H,20,23,26). The summed E-state index contributed by atoms with van der Waals surface area (Å²) in [6.45, 7) is 7.37. The lowest BCUT2D eigenvalue weighted by molar-refractivity contribution is 0.313. The Labute approximate surface area is 157 Å². The summed E-state index contributed by atoms with van der Waals surface area (Å²) in [5.74, 6) is 0.255. The van der Waals surface area contributed by atoms with E-state index in [4.69, 9.17) is 17.0 Å². The predicted octanol–water partition coefficient (Wildman–Crippen LogP) is 2.37. The zero-order chi connectivity index (χ0) is 19.1. The van der Waals surface area contributed by atoms with Crippen molar-refractivity contribution < 1.29 is 9.84 Å². The van der Waals surface area contributed by atoms with Gasteiger partial charge in [-0.3, -0.25) is 19.3 Å². The summed E-state index contributed by atoms with van der Waals surface area (Å²) >= 11 is 5.22. The quantitative estimate of drug-likeness (QED) is 0.546. The van der Waals surface area contributed by atoms with Gasteiger partial charge in [0.25, 0.3) is 5.56 Å². The van der Waals surface area contributed by atoms with Gasteiger partial charge in [0.15, 0.2) is 4.77 Å². The highest BCUT2D eigenvalue weighted by atomic mass is 32.1. The molecule has 0 radical (unpaired) electrons. The van der Waals surface area contributed by atoms with Gasteiger partial charge in [-0.05, 0) is 37.4 Å². The third kappa shape index (κ3) is 4.39. The molecule has 0 aliphatic rings.